The molecule has 178 valence electrons. The van der Waals surface area contributed by atoms with Crippen LogP contribution < -0.4 is 4.90 Å². The second-order valence-electron chi connectivity index (χ2n) is 8.34. The van der Waals surface area contributed by atoms with Crippen molar-refractivity contribution in [3.63, 3.8) is 0 Å². The van der Waals surface area contributed by atoms with Gasteiger partial charge in [-0.05, 0) is 55.5 Å². The number of esters is 1. The largest absolute Gasteiger partial charge is 0.462 e. The summed E-state index contributed by atoms with van der Waals surface area (Å²) in [6, 6.07) is 8.69. The fraction of sp³-hybridized carbons (Fsp3) is 0.500. The van der Waals surface area contributed by atoms with Gasteiger partial charge in [-0.2, -0.15) is 4.31 Å². The smallest absolute Gasteiger partial charge is 0.340 e. The van der Waals surface area contributed by atoms with Crippen LogP contribution in [0.3, 0.4) is 0 Å². The summed E-state index contributed by atoms with van der Waals surface area (Å²) in [4.78, 5) is 19.4. The van der Waals surface area contributed by atoms with Gasteiger partial charge in [0.1, 0.15) is 0 Å². The molecule has 2 aromatic rings. The maximum atomic E-state index is 13.2. The van der Waals surface area contributed by atoms with Crippen molar-refractivity contribution in [2.45, 2.75) is 37.0 Å². The summed E-state index contributed by atoms with van der Waals surface area (Å²) in [5.74, 6) is -0.502. The molecule has 0 radical (unpaired) electrons. The number of morpholine rings is 1. The van der Waals surface area contributed by atoms with Crippen molar-refractivity contribution in [3.8, 4) is 0 Å². The van der Waals surface area contributed by atoms with Crippen LogP contribution in [0.5, 0.6) is 0 Å². The van der Waals surface area contributed by atoms with Crippen LogP contribution in [-0.2, 0) is 25.9 Å². The fourth-order valence-corrected chi connectivity index (χ4v) is 5.78. The molecule has 33 heavy (non-hydrogen) atoms. The molecule has 0 saturated carbocycles. The molecule has 0 amide bonds. The number of aromatic nitrogens is 1. The Morgan fingerprint density at radius 3 is 2.58 bits per heavy atom. The molecule has 0 bridgehead atoms. The number of sulfonamides is 1. The van der Waals surface area contributed by atoms with E-state index in [0.29, 0.717) is 51.5 Å². The molecule has 0 spiro atoms. The van der Waals surface area contributed by atoms with Gasteiger partial charge in [-0.25, -0.2) is 13.2 Å². The lowest BCUT2D eigenvalue weighted by Gasteiger charge is -2.31. The van der Waals surface area contributed by atoms with E-state index in [1.807, 2.05) is 17.0 Å². The minimum atomic E-state index is -3.65. The molecule has 1 aromatic heterocycles. The van der Waals surface area contributed by atoms with E-state index in [0.717, 1.165) is 31.2 Å². The average molecular weight is 474 g/mol. The predicted octanol–water partition coefficient (Wildman–Crippen LogP) is 2.88. The zero-order valence-corrected chi connectivity index (χ0v) is 19.6. The van der Waals surface area contributed by atoms with E-state index in [1.54, 1.807) is 24.5 Å². The van der Waals surface area contributed by atoms with Crippen LogP contribution in [0.1, 0.15) is 41.6 Å². The summed E-state index contributed by atoms with van der Waals surface area (Å²) in [6.07, 6.45) is 7.69. The Hall–Kier alpha value is -2.49. The molecule has 2 saturated heterocycles. The zero-order chi connectivity index (χ0) is 23.1. The van der Waals surface area contributed by atoms with Gasteiger partial charge in [-0.15, -0.1) is 0 Å². The number of carbonyl (C=O) groups is 1. The Labute approximate surface area is 195 Å². The minimum absolute atomic E-state index is 0.142. The molecule has 0 atom stereocenters. The monoisotopic (exact) mass is 473 g/mol. The first-order valence-corrected chi connectivity index (χ1v) is 13.0. The predicted molar refractivity (Wildman–Crippen MR) is 125 cm³/mol. The molecule has 2 aliphatic rings. The first-order valence-electron chi connectivity index (χ1n) is 11.6. The van der Waals surface area contributed by atoms with E-state index in [9.17, 15) is 13.2 Å². The van der Waals surface area contributed by atoms with Crippen molar-refractivity contribution in [1.82, 2.24) is 9.29 Å². The normalized spacial score (nSPS) is 17.6. The van der Waals surface area contributed by atoms with Crippen molar-refractivity contribution >= 4 is 21.7 Å². The molecule has 2 fully saturated rings. The molecule has 0 N–H and O–H groups in total. The molecule has 0 aliphatic carbocycles. The Balaban J connectivity index is 1.52. The van der Waals surface area contributed by atoms with Crippen LogP contribution in [0.15, 0.2) is 47.6 Å². The van der Waals surface area contributed by atoms with Gasteiger partial charge in [0, 0.05) is 38.6 Å². The second kappa shape index (κ2) is 11.1. The highest BCUT2D eigenvalue weighted by molar-refractivity contribution is 7.89. The van der Waals surface area contributed by atoms with Crippen LogP contribution in [0.4, 0.5) is 5.69 Å². The van der Waals surface area contributed by atoms with E-state index < -0.39 is 16.0 Å². The van der Waals surface area contributed by atoms with Gasteiger partial charge in [0.2, 0.25) is 10.0 Å². The molecule has 0 unspecified atom stereocenters. The summed E-state index contributed by atoms with van der Waals surface area (Å²) in [6.45, 7) is 3.68. The van der Waals surface area contributed by atoms with Crippen LogP contribution in [0.2, 0.25) is 0 Å². The molecule has 3 heterocycles. The van der Waals surface area contributed by atoms with Gasteiger partial charge in [0.15, 0.2) is 0 Å². The van der Waals surface area contributed by atoms with E-state index in [1.165, 1.54) is 10.4 Å². The second-order valence-corrected chi connectivity index (χ2v) is 10.3. The third-order valence-corrected chi connectivity index (χ3v) is 7.95. The third-order valence-electron chi connectivity index (χ3n) is 6.06. The zero-order valence-electron chi connectivity index (χ0n) is 18.8. The number of rotatable bonds is 8. The van der Waals surface area contributed by atoms with Gasteiger partial charge < -0.3 is 14.4 Å². The Morgan fingerprint density at radius 2 is 1.85 bits per heavy atom. The van der Waals surface area contributed by atoms with Crippen LogP contribution in [0.25, 0.3) is 0 Å². The summed E-state index contributed by atoms with van der Waals surface area (Å²) < 4.78 is 38.9. The van der Waals surface area contributed by atoms with Crippen LogP contribution in [-0.4, -0.2) is 69.7 Å². The summed E-state index contributed by atoms with van der Waals surface area (Å²) >= 11 is 0. The number of carbonyl (C=O) groups excluding carboxylic acids is 1. The van der Waals surface area contributed by atoms with Crippen molar-refractivity contribution in [2.24, 2.45) is 0 Å². The van der Waals surface area contributed by atoms with E-state index >= 15 is 0 Å². The van der Waals surface area contributed by atoms with Crippen molar-refractivity contribution < 1.29 is 22.7 Å². The SMILES string of the molecule is O=C(OCCCc1cccnc1)c1cc(S(=O)(=O)N2CCCCC2)ccc1N1CCOCC1. The lowest BCUT2D eigenvalue weighted by molar-refractivity contribution is 0.0500. The van der Waals surface area contributed by atoms with E-state index in [4.69, 9.17) is 9.47 Å². The van der Waals surface area contributed by atoms with Gasteiger partial charge in [-0.1, -0.05) is 12.5 Å². The number of hydrogen-bond acceptors (Lipinski definition) is 7. The van der Waals surface area contributed by atoms with Gasteiger partial charge in [-0.3, -0.25) is 4.98 Å². The van der Waals surface area contributed by atoms with Gasteiger partial charge in [0.25, 0.3) is 0 Å². The molecular weight excluding hydrogens is 442 g/mol. The van der Waals surface area contributed by atoms with Crippen LogP contribution in [0, 0.1) is 0 Å². The molecule has 4 rings (SSSR count). The number of piperidine rings is 1. The minimum Gasteiger partial charge on any atom is -0.462 e. The highest BCUT2D eigenvalue weighted by Crippen LogP contribution is 2.28. The number of hydrogen-bond donors (Lipinski definition) is 0. The number of ether oxygens (including phenoxy) is 2. The van der Waals surface area contributed by atoms with E-state index in [2.05, 4.69) is 4.98 Å². The van der Waals surface area contributed by atoms with Crippen molar-refractivity contribution in [3.05, 3.63) is 53.9 Å². The number of benzene rings is 1. The maximum Gasteiger partial charge on any atom is 0.340 e. The first-order chi connectivity index (χ1) is 16.1. The number of anilines is 1. The van der Waals surface area contributed by atoms with Gasteiger partial charge >= 0.3 is 5.97 Å². The lowest BCUT2D eigenvalue weighted by Crippen LogP contribution is -2.38. The topological polar surface area (TPSA) is 89.0 Å². The Bertz CT molecular complexity index is 1030. The van der Waals surface area contributed by atoms with Crippen molar-refractivity contribution in [1.29, 1.82) is 0 Å². The first kappa shape index (κ1) is 23.7. The molecular formula is C24H31N3O5S. The summed E-state index contributed by atoms with van der Waals surface area (Å²) in [7, 11) is -3.65. The molecule has 9 heteroatoms. The third kappa shape index (κ3) is 5.90. The average Bonchev–Trinajstić information content (AvgIpc) is 2.88. The van der Waals surface area contributed by atoms with Crippen molar-refractivity contribution in [2.75, 3.05) is 50.9 Å². The lowest BCUT2D eigenvalue weighted by atomic mass is 10.1. The van der Waals surface area contributed by atoms with Gasteiger partial charge in [0.05, 0.1) is 36.0 Å². The summed E-state index contributed by atoms with van der Waals surface area (Å²) in [5.41, 5.74) is 2.06. The molecule has 1 aromatic carbocycles. The standard InChI is InChI=1S/C24H31N3O5S/c28-24(32-15-5-7-20-6-4-10-25-19-20)22-18-21(33(29,30)27-11-2-1-3-12-27)8-9-23(22)26-13-16-31-17-14-26/h4,6,8-10,18-19H,1-3,5,7,11-17H2. The quantitative estimate of drug-likeness (QED) is 0.430. The maximum absolute atomic E-state index is 13.2. The highest BCUT2D eigenvalue weighted by Gasteiger charge is 2.29. The highest BCUT2D eigenvalue weighted by atomic mass is 32.2. The van der Waals surface area contributed by atoms with Crippen LogP contribution >= 0.6 is 0 Å². The number of aryl methyl sites for hydroxylation is 1. The number of nitrogens with zero attached hydrogens (tertiary/aromatic N) is 3. The Morgan fingerprint density at radius 1 is 1.06 bits per heavy atom. The number of pyridine rings is 1. The molecule has 2 aliphatic heterocycles. The Kier molecular flexibility index (Phi) is 7.95. The molecule has 8 nitrogen and oxygen atoms in total. The fourth-order valence-electron chi connectivity index (χ4n) is 4.24. The van der Waals surface area contributed by atoms with E-state index in [-0.39, 0.29) is 17.1 Å². The summed E-state index contributed by atoms with van der Waals surface area (Å²) in [5, 5.41) is 0.